The summed E-state index contributed by atoms with van der Waals surface area (Å²) in [5.74, 6) is 0.843. The largest absolute Gasteiger partial charge is 0.282 e. The molecule has 0 atom stereocenters. The van der Waals surface area contributed by atoms with Gasteiger partial charge in [-0.3, -0.25) is 9.59 Å². The van der Waals surface area contributed by atoms with Crippen LogP contribution in [-0.4, -0.2) is 30.7 Å². The molecule has 40 heavy (non-hydrogen) atoms. The first kappa shape index (κ1) is 24.8. The van der Waals surface area contributed by atoms with Crippen molar-refractivity contribution in [1.29, 1.82) is 0 Å². The molecule has 6 aromatic rings. The Balaban J connectivity index is 1.69. The zero-order valence-corrected chi connectivity index (χ0v) is 21.9. The van der Waals surface area contributed by atoms with E-state index in [1.54, 1.807) is 50.2 Å². The molecule has 0 aliphatic rings. The minimum Gasteiger partial charge on any atom is -0.267 e. The average molecular weight is 525 g/mol. The normalized spacial score (nSPS) is 12.2. The van der Waals surface area contributed by atoms with Gasteiger partial charge in [0.2, 0.25) is 0 Å². The van der Waals surface area contributed by atoms with Gasteiger partial charge in [-0.1, -0.05) is 84.9 Å². The first-order valence-electron chi connectivity index (χ1n) is 12.8. The molecule has 0 fully saturated rings. The molecule has 4 aromatic carbocycles. The highest BCUT2D eigenvalue weighted by Gasteiger charge is 2.19. The van der Waals surface area contributed by atoms with E-state index in [0.717, 1.165) is 0 Å². The molecule has 0 amide bonds. The predicted molar refractivity (Wildman–Crippen MR) is 158 cm³/mol. The number of aryl methyl sites for hydroxylation is 2. The zero-order valence-electron chi connectivity index (χ0n) is 21.9. The number of nitrogens with zero attached hydrogens (tertiary/aromatic N) is 6. The van der Waals surface area contributed by atoms with E-state index in [4.69, 9.17) is 10.2 Å². The Bertz CT molecular complexity index is 1910. The lowest BCUT2D eigenvalue weighted by Gasteiger charge is -2.14. The molecule has 0 aliphatic carbocycles. The molecule has 2 heterocycles. The molecule has 8 heteroatoms. The van der Waals surface area contributed by atoms with Crippen molar-refractivity contribution in [2.24, 2.45) is 10.2 Å². The van der Waals surface area contributed by atoms with Crippen LogP contribution in [0.4, 0.5) is 0 Å². The van der Waals surface area contributed by atoms with Crippen molar-refractivity contribution in [3.63, 3.8) is 0 Å². The molecule has 6 rings (SSSR count). The van der Waals surface area contributed by atoms with Crippen LogP contribution in [0, 0.1) is 13.8 Å². The highest BCUT2D eigenvalue weighted by Crippen LogP contribution is 2.15. The van der Waals surface area contributed by atoms with Crippen molar-refractivity contribution in [2.45, 2.75) is 13.8 Å². The number of rotatable bonds is 5. The first-order chi connectivity index (χ1) is 19.5. The topological polar surface area (TPSA) is 94.5 Å². The van der Waals surface area contributed by atoms with E-state index in [-0.39, 0.29) is 11.1 Å². The van der Waals surface area contributed by atoms with Crippen LogP contribution >= 0.6 is 0 Å². The fraction of sp³-hybridized carbons (Fsp3) is 0.0625. The van der Waals surface area contributed by atoms with Crippen LogP contribution < -0.4 is 11.1 Å². The monoisotopic (exact) mass is 524 g/mol. The summed E-state index contributed by atoms with van der Waals surface area (Å²) in [5, 5.41) is 10.6. The Morgan fingerprint density at radius 1 is 0.525 bits per heavy atom. The van der Waals surface area contributed by atoms with Crippen LogP contribution in [0.3, 0.4) is 0 Å². The van der Waals surface area contributed by atoms with Crippen LogP contribution in [-0.2, 0) is 0 Å². The first-order valence-corrected chi connectivity index (χ1v) is 12.8. The summed E-state index contributed by atoms with van der Waals surface area (Å²) in [6.45, 7) is 3.47. The molecule has 0 aliphatic heterocycles. The molecule has 194 valence electrons. The molecular formula is C32H24N6O2. The van der Waals surface area contributed by atoms with E-state index in [9.17, 15) is 9.59 Å². The van der Waals surface area contributed by atoms with Gasteiger partial charge in [0.15, 0.2) is 0 Å². The summed E-state index contributed by atoms with van der Waals surface area (Å²) in [5.41, 5.74) is 2.81. The molecule has 0 spiro atoms. The lowest BCUT2D eigenvalue weighted by atomic mass is 10.00. The van der Waals surface area contributed by atoms with Gasteiger partial charge in [-0.25, -0.2) is 9.97 Å². The summed E-state index contributed by atoms with van der Waals surface area (Å²) in [6, 6.07) is 33.2. The maximum atomic E-state index is 13.6. The van der Waals surface area contributed by atoms with Crippen molar-refractivity contribution in [3.05, 3.63) is 153 Å². The van der Waals surface area contributed by atoms with Crippen LogP contribution in [0.1, 0.15) is 22.8 Å². The Morgan fingerprint density at radius 3 is 1.27 bits per heavy atom. The second kappa shape index (κ2) is 10.3. The average Bonchev–Trinajstić information content (AvgIpc) is 2.99. The van der Waals surface area contributed by atoms with Gasteiger partial charge in [-0.15, -0.1) is 0 Å². The highest BCUT2D eigenvalue weighted by atomic mass is 16.1. The van der Waals surface area contributed by atoms with E-state index in [1.165, 1.54) is 9.35 Å². The minimum absolute atomic E-state index is 0.301. The Kier molecular flexibility index (Phi) is 6.41. The number of fused-ring (bicyclic) bond motifs is 2. The number of benzene rings is 4. The maximum Gasteiger partial charge on any atom is 0.282 e. The van der Waals surface area contributed by atoms with Crippen molar-refractivity contribution >= 4 is 33.2 Å². The highest BCUT2D eigenvalue weighted by molar-refractivity contribution is 6.53. The lowest BCUT2D eigenvalue weighted by Crippen LogP contribution is -2.28. The number of para-hydroxylation sites is 2. The molecule has 0 saturated heterocycles. The molecule has 0 saturated carbocycles. The smallest absolute Gasteiger partial charge is 0.267 e. The Labute approximate surface area is 229 Å². The van der Waals surface area contributed by atoms with Crippen LogP contribution in [0.25, 0.3) is 21.8 Å². The molecular weight excluding hydrogens is 500 g/mol. The van der Waals surface area contributed by atoms with Crippen molar-refractivity contribution in [3.8, 4) is 0 Å². The van der Waals surface area contributed by atoms with E-state index >= 15 is 0 Å². The number of hydrogen-bond acceptors (Lipinski definition) is 6. The fourth-order valence-corrected chi connectivity index (χ4v) is 4.58. The zero-order chi connectivity index (χ0) is 27.6. The third-order valence-corrected chi connectivity index (χ3v) is 6.55. The van der Waals surface area contributed by atoms with E-state index in [0.29, 0.717) is 56.0 Å². The van der Waals surface area contributed by atoms with Crippen molar-refractivity contribution < 1.29 is 0 Å². The molecule has 0 unspecified atom stereocenters. The summed E-state index contributed by atoms with van der Waals surface area (Å²) >= 11 is 0. The third-order valence-electron chi connectivity index (χ3n) is 6.55. The number of aromatic nitrogens is 4. The minimum atomic E-state index is -0.301. The summed E-state index contributed by atoms with van der Waals surface area (Å²) in [6.07, 6.45) is 0. The van der Waals surface area contributed by atoms with Gasteiger partial charge < -0.3 is 0 Å². The van der Waals surface area contributed by atoms with Gasteiger partial charge in [0, 0.05) is 11.1 Å². The van der Waals surface area contributed by atoms with Gasteiger partial charge >= 0.3 is 0 Å². The summed E-state index contributed by atoms with van der Waals surface area (Å²) in [7, 11) is 0. The molecule has 8 nitrogen and oxygen atoms in total. The van der Waals surface area contributed by atoms with Crippen LogP contribution in [0.15, 0.2) is 129 Å². The van der Waals surface area contributed by atoms with Gasteiger partial charge in [0.1, 0.15) is 23.1 Å². The van der Waals surface area contributed by atoms with Gasteiger partial charge in [0.05, 0.1) is 21.8 Å². The fourth-order valence-electron chi connectivity index (χ4n) is 4.58. The molecule has 0 radical (unpaired) electrons. The predicted octanol–water partition coefficient (Wildman–Crippen LogP) is 4.93. The molecule has 0 N–H and O–H groups in total. The summed E-state index contributed by atoms with van der Waals surface area (Å²) < 4.78 is 2.58. The summed E-state index contributed by atoms with van der Waals surface area (Å²) in [4.78, 5) is 36.4. The lowest BCUT2D eigenvalue weighted by molar-refractivity contribution is 0.761. The standard InChI is InChI=1S/C32H24N6O2/c1-21-33-27-19-11-9-17-25(27)31(39)37(21)35-29(23-13-5-3-6-14-23)30(24-15-7-4-8-16-24)36-38-22(2)34-28-20-12-10-18-26(28)32(38)40/h3-20H,1-2H3/b35-29+,36-30+. The van der Waals surface area contributed by atoms with Crippen LogP contribution in [0.5, 0.6) is 0 Å². The van der Waals surface area contributed by atoms with E-state index in [2.05, 4.69) is 9.97 Å². The van der Waals surface area contributed by atoms with Crippen molar-refractivity contribution in [2.75, 3.05) is 0 Å². The van der Waals surface area contributed by atoms with E-state index in [1.807, 2.05) is 72.8 Å². The molecule has 2 aromatic heterocycles. The second-order valence-corrected chi connectivity index (χ2v) is 9.22. The quantitative estimate of drug-likeness (QED) is 0.299. The van der Waals surface area contributed by atoms with E-state index < -0.39 is 0 Å². The van der Waals surface area contributed by atoms with Gasteiger partial charge in [-0.05, 0) is 38.1 Å². The molecule has 0 bridgehead atoms. The second-order valence-electron chi connectivity index (χ2n) is 9.22. The maximum absolute atomic E-state index is 13.6. The number of hydrogen-bond donors (Lipinski definition) is 0. The third kappa shape index (κ3) is 4.52. The van der Waals surface area contributed by atoms with Gasteiger partial charge in [-0.2, -0.15) is 19.6 Å². The van der Waals surface area contributed by atoms with Crippen molar-refractivity contribution in [1.82, 2.24) is 19.3 Å². The van der Waals surface area contributed by atoms with Crippen LogP contribution in [0.2, 0.25) is 0 Å². The SMILES string of the molecule is Cc1nc2ccccc2c(=O)n1/N=C(/C(=N/n1c(C)nc2ccccc2c1=O)c1ccccc1)c1ccccc1. The Hall–Kier alpha value is -5.50. The van der Waals surface area contributed by atoms with Gasteiger partial charge in [0.25, 0.3) is 11.1 Å². The Morgan fingerprint density at radius 2 is 0.875 bits per heavy atom.